The van der Waals surface area contributed by atoms with Gasteiger partial charge in [-0.3, -0.25) is 4.90 Å². The number of aryl methyl sites for hydroxylation is 1. The Labute approximate surface area is 115 Å². The Morgan fingerprint density at radius 2 is 2.11 bits per heavy atom. The average molecular weight is 266 g/mol. The summed E-state index contributed by atoms with van der Waals surface area (Å²) in [5.41, 5.74) is 5.95. The molecule has 0 amide bonds. The van der Waals surface area contributed by atoms with Crippen LogP contribution in [0.25, 0.3) is 0 Å². The fourth-order valence-electron chi connectivity index (χ4n) is 3.17. The van der Waals surface area contributed by atoms with E-state index in [1.54, 1.807) is 0 Å². The first-order valence-corrected chi connectivity index (χ1v) is 7.93. The van der Waals surface area contributed by atoms with Crippen molar-refractivity contribution in [3.05, 3.63) is 21.9 Å². The van der Waals surface area contributed by atoms with E-state index in [0.29, 0.717) is 18.0 Å². The summed E-state index contributed by atoms with van der Waals surface area (Å²) in [4.78, 5) is 5.45. The molecule has 0 aromatic carbocycles. The molecule has 1 aliphatic rings. The Kier molecular flexibility index (Phi) is 4.82. The molecule has 0 aliphatic heterocycles. The molecule has 2 nitrogen and oxygen atoms in total. The van der Waals surface area contributed by atoms with Crippen molar-refractivity contribution in [3.8, 4) is 0 Å². The lowest BCUT2D eigenvalue weighted by molar-refractivity contribution is 0.100. The predicted molar refractivity (Wildman–Crippen MR) is 80.0 cm³/mol. The molecule has 1 fully saturated rings. The lowest BCUT2D eigenvalue weighted by atomic mass is 9.83. The molecule has 18 heavy (non-hydrogen) atoms. The summed E-state index contributed by atoms with van der Waals surface area (Å²) >= 11 is 1.92. The van der Waals surface area contributed by atoms with E-state index in [2.05, 4.69) is 37.9 Å². The second-order valence-corrected chi connectivity index (χ2v) is 6.96. The molecule has 0 saturated heterocycles. The summed E-state index contributed by atoms with van der Waals surface area (Å²) in [6, 6.07) is 5.69. The third-order valence-electron chi connectivity index (χ3n) is 4.48. The Balaban J connectivity index is 2.07. The first-order chi connectivity index (χ1) is 8.63. The molecular formula is C15H26N2S. The minimum absolute atomic E-state index is 0.515. The van der Waals surface area contributed by atoms with Gasteiger partial charge in [0.25, 0.3) is 0 Å². The van der Waals surface area contributed by atoms with Crippen LogP contribution in [0.3, 0.4) is 0 Å². The van der Waals surface area contributed by atoms with Gasteiger partial charge in [-0.1, -0.05) is 12.8 Å². The number of nitrogens with zero attached hydrogens (tertiary/aromatic N) is 1. The number of nitrogens with two attached hydrogens (primary N) is 1. The number of hydrogen-bond donors (Lipinski definition) is 1. The Morgan fingerprint density at radius 1 is 1.39 bits per heavy atom. The van der Waals surface area contributed by atoms with Gasteiger partial charge in [0, 0.05) is 21.8 Å². The first kappa shape index (κ1) is 14.0. The zero-order chi connectivity index (χ0) is 13.1. The van der Waals surface area contributed by atoms with Gasteiger partial charge in [0.05, 0.1) is 0 Å². The van der Waals surface area contributed by atoms with Crippen molar-refractivity contribution in [3.63, 3.8) is 0 Å². The molecule has 3 heteroatoms. The van der Waals surface area contributed by atoms with Crippen LogP contribution in [-0.2, 0) is 0 Å². The van der Waals surface area contributed by atoms with Gasteiger partial charge in [-0.15, -0.1) is 11.3 Å². The Bertz CT molecular complexity index is 374. The summed E-state index contributed by atoms with van der Waals surface area (Å²) in [5.74, 6) is 0.687. The van der Waals surface area contributed by atoms with E-state index in [9.17, 15) is 0 Å². The number of hydrogen-bond acceptors (Lipinski definition) is 3. The smallest absolute Gasteiger partial charge is 0.0413 e. The van der Waals surface area contributed by atoms with Gasteiger partial charge in [-0.05, 0) is 58.3 Å². The quantitative estimate of drug-likeness (QED) is 0.903. The van der Waals surface area contributed by atoms with Gasteiger partial charge in [0.1, 0.15) is 0 Å². The van der Waals surface area contributed by atoms with Crippen molar-refractivity contribution in [2.75, 3.05) is 13.6 Å². The van der Waals surface area contributed by atoms with E-state index in [0.717, 1.165) is 6.54 Å². The monoisotopic (exact) mass is 266 g/mol. The van der Waals surface area contributed by atoms with Crippen molar-refractivity contribution in [1.82, 2.24) is 4.90 Å². The summed E-state index contributed by atoms with van der Waals surface area (Å²) in [5, 5.41) is 0. The normalized spacial score (nSPS) is 26.5. The van der Waals surface area contributed by atoms with E-state index in [1.807, 2.05) is 11.3 Å². The highest BCUT2D eigenvalue weighted by atomic mass is 32.1. The van der Waals surface area contributed by atoms with Crippen LogP contribution >= 0.6 is 11.3 Å². The van der Waals surface area contributed by atoms with E-state index in [4.69, 9.17) is 5.73 Å². The van der Waals surface area contributed by atoms with Crippen molar-refractivity contribution in [2.45, 2.75) is 51.6 Å². The summed E-state index contributed by atoms with van der Waals surface area (Å²) < 4.78 is 0. The van der Waals surface area contributed by atoms with Crippen molar-refractivity contribution >= 4 is 11.3 Å². The molecule has 2 N–H and O–H groups in total. The molecule has 0 bridgehead atoms. The second-order valence-electron chi connectivity index (χ2n) is 5.64. The molecule has 3 atom stereocenters. The van der Waals surface area contributed by atoms with Crippen LogP contribution in [0.2, 0.25) is 0 Å². The van der Waals surface area contributed by atoms with Gasteiger partial charge in [-0.2, -0.15) is 0 Å². The van der Waals surface area contributed by atoms with Gasteiger partial charge < -0.3 is 5.73 Å². The summed E-state index contributed by atoms with van der Waals surface area (Å²) in [6.45, 7) is 5.35. The molecule has 1 aromatic rings. The highest BCUT2D eigenvalue weighted by Gasteiger charge is 2.30. The standard InChI is InChI=1S/C15H26N2S/c1-11-8-9-15(18-11)12(2)17(3)14-7-5-4-6-13(14)10-16/h8-9,12-14H,4-7,10,16H2,1-3H3. The minimum Gasteiger partial charge on any atom is -0.330 e. The highest BCUT2D eigenvalue weighted by Crippen LogP contribution is 2.34. The number of rotatable bonds is 4. The van der Waals surface area contributed by atoms with Crippen molar-refractivity contribution in [2.24, 2.45) is 11.7 Å². The summed E-state index contributed by atoms with van der Waals surface area (Å²) in [6.07, 6.45) is 5.34. The fraction of sp³-hybridized carbons (Fsp3) is 0.733. The molecule has 1 heterocycles. The van der Waals surface area contributed by atoms with E-state index in [-0.39, 0.29) is 0 Å². The van der Waals surface area contributed by atoms with Crippen LogP contribution in [0.4, 0.5) is 0 Å². The van der Waals surface area contributed by atoms with Crippen molar-refractivity contribution in [1.29, 1.82) is 0 Å². The molecule has 1 aliphatic carbocycles. The van der Waals surface area contributed by atoms with Gasteiger partial charge in [0.2, 0.25) is 0 Å². The van der Waals surface area contributed by atoms with Crippen LogP contribution in [-0.4, -0.2) is 24.5 Å². The second kappa shape index (κ2) is 6.18. The fourth-order valence-corrected chi connectivity index (χ4v) is 4.15. The number of thiophene rings is 1. The van der Waals surface area contributed by atoms with Crippen LogP contribution in [0, 0.1) is 12.8 Å². The van der Waals surface area contributed by atoms with E-state index < -0.39 is 0 Å². The maximum absolute atomic E-state index is 5.95. The van der Waals surface area contributed by atoms with Crippen LogP contribution < -0.4 is 5.73 Å². The third-order valence-corrected chi connectivity index (χ3v) is 5.65. The molecule has 3 unspecified atom stereocenters. The maximum Gasteiger partial charge on any atom is 0.0413 e. The first-order valence-electron chi connectivity index (χ1n) is 7.11. The Morgan fingerprint density at radius 3 is 2.72 bits per heavy atom. The van der Waals surface area contributed by atoms with E-state index >= 15 is 0 Å². The van der Waals surface area contributed by atoms with Gasteiger partial charge in [0.15, 0.2) is 0 Å². The molecule has 0 radical (unpaired) electrons. The van der Waals surface area contributed by atoms with Crippen LogP contribution in [0.1, 0.15) is 48.4 Å². The maximum atomic E-state index is 5.95. The zero-order valence-corrected chi connectivity index (χ0v) is 12.7. The predicted octanol–water partition coefficient (Wildman–Crippen LogP) is 3.57. The Hall–Kier alpha value is -0.380. The van der Waals surface area contributed by atoms with Gasteiger partial charge >= 0.3 is 0 Å². The van der Waals surface area contributed by atoms with Crippen molar-refractivity contribution < 1.29 is 0 Å². The highest BCUT2D eigenvalue weighted by molar-refractivity contribution is 7.12. The van der Waals surface area contributed by atoms with Crippen LogP contribution in [0.5, 0.6) is 0 Å². The lowest BCUT2D eigenvalue weighted by Crippen LogP contribution is -2.43. The van der Waals surface area contributed by atoms with Gasteiger partial charge in [-0.25, -0.2) is 0 Å². The topological polar surface area (TPSA) is 29.3 Å². The molecule has 0 spiro atoms. The molecule has 102 valence electrons. The summed E-state index contributed by atoms with van der Waals surface area (Å²) in [7, 11) is 2.28. The molecule has 1 aromatic heterocycles. The molecule has 1 saturated carbocycles. The lowest BCUT2D eigenvalue weighted by Gasteiger charge is -2.40. The SMILES string of the molecule is Cc1ccc(C(C)N(C)C2CCCCC2CN)s1. The largest absolute Gasteiger partial charge is 0.330 e. The zero-order valence-electron chi connectivity index (χ0n) is 11.9. The molecular weight excluding hydrogens is 240 g/mol. The van der Waals surface area contributed by atoms with Crippen LogP contribution in [0.15, 0.2) is 12.1 Å². The minimum atomic E-state index is 0.515. The third kappa shape index (κ3) is 2.95. The van der Waals surface area contributed by atoms with E-state index in [1.165, 1.54) is 35.4 Å². The molecule has 2 rings (SSSR count). The average Bonchev–Trinajstić information content (AvgIpc) is 2.83.